The van der Waals surface area contributed by atoms with Crippen LogP contribution in [0.3, 0.4) is 0 Å². The molecule has 2 nitrogen and oxygen atoms in total. The Bertz CT molecular complexity index is 280. The Morgan fingerprint density at radius 1 is 1.06 bits per heavy atom. The van der Waals surface area contributed by atoms with E-state index in [1.807, 2.05) is 0 Å². The second kappa shape index (κ2) is 4.98. The molecular weight excluding hydrogens is 231 g/mol. The molecule has 2 heterocycles. The summed E-state index contributed by atoms with van der Waals surface area (Å²) >= 11 is 2.06. The maximum absolute atomic E-state index is 5.94. The SMILES string of the molecule is CC1(C)OB(/C=C/C2CCSCC2)OC1(C)C. The molecule has 2 aliphatic heterocycles. The molecule has 0 aliphatic carbocycles. The summed E-state index contributed by atoms with van der Waals surface area (Å²) in [7, 11) is -0.172. The molecule has 4 heteroatoms. The largest absolute Gasteiger partial charge is 0.486 e. The molecule has 0 aromatic rings. The molecular formula is C13H23BO2S. The summed E-state index contributed by atoms with van der Waals surface area (Å²) in [5.74, 6) is 5.41. The van der Waals surface area contributed by atoms with Crippen LogP contribution in [0.1, 0.15) is 40.5 Å². The van der Waals surface area contributed by atoms with Crippen LogP contribution >= 0.6 is 11.8 Å². The van der Waals surface area contributed by atoms with E-state index in [0.717, 1.165) is 5.92 Å². The minimum atomic E-state index is -0.218. The van der Waals surface area contributed by atoms with E-state index in [0.29, 0.717) is 0 Å². The molecule has 0 atom stereocenters. The normalized spacial score (nSPS) is 29.1. The van der Waals surface area contributed by atoms with E-state index in [9.17, 15) is 0 Å². The van der Waals surface area contributed by atoms with Gasteiger partial charge in [0, 0.05) is 0 Å². The molecule has 0 N–H and O–H groups in total. The predicted molar refractivity (Wildman–Crippen MR) is 75.3 cm³/mol. The lowest BCUT2D eigenvalue weighted by atomic mass is 9.87. The monoisotopic (exact) mass is 254 g/mol. The first kappa shape index (κ1) is 13.5. The third kappa shape index (κ3) is 3.10. The van der Waals surface area contributed by atoms with Gasteiger partial charge in [0.1, 0.15) is 0 Å². The number of thioether (sulfide) groups is 1. The van der Waals surface area contributed by atoms with E-state index in [1.54, 1.807) is 0 Å². The van der Waals surface area contributed by atoms with Crippen LogP contribution in [0.4, 0.5) is 0 Å². The van der Waals surface area contributed by atoms with Gasteiger partial charge < -0.3 is 9.31 Å². The van der Waals surface area contributed by atoms with Crippen LogP contribution in [0.2, 0.25) is 0 Å². The first-order chi connectivity index (χ1) is 7.91. The minimum absolute atomic E-state index is 0.172. The molecule has 17 heavy (non-hydrogen) atoms. The van der Waals surface area contributed by atoms with Gasteiger partial charge in [-0.25, -0.2) is 0 Å². The minimum Gasteiger partial charge on any atom is -0.400 e. The Morgan fingerprint density at radius 2 is 1.59 bits per heavy atom. The molecule has 2 aliphatic rings. The van der Waals surface area contributed by atoms with Gasteiger partial charge in [-0.1, -0.05) is 12.1 Å². The summed E-state index contributed by atoms with van der Waals surface area (Å²) in [6.07, 6.45) is 4.88. The van der Waals surface area contributed by atoms with Gasteiger partial charge >= 0.3 is 7.12 Å². The molecule has 96 valence electrons. The number of rotatable bonds is 2. The summed E-state index contributed by atoms with van der Waals surface area (Å²) in [6.45, 7) is 8.38. The summed E-state index contributed by atoms with van der Waals surface area (Å²) in [6, 6.07) is 0. The van der Waals surface area contributed by atoms with Gasteiger partial charge in [-0.05, 0) is 58.0 Å². The Hall–Kier alpha value is 0.0749. The lowest BCUT2D eigenvalue weighted by Gasteiger charge is -2.32. The third-order valence-electron chi connectivity index (χ3n) is 4.08. The summed E-state index contributed by atoms with van der Waals surface area (Å²) < 4.78 is 11.9. The highest BCUT2D eigenvalue weighted by Gasteiger charge is 2.50. The number of hydrogen-bond donors (Lipinski definition) is 0. The van der Waals surface area contributed by atoms with Gasteiger partial charge in [0.15, 0.2) is 0 Å². The molecule has 2 rings (SSSR count). The van der Waals surface area contributed by atoms with Crippen molar-refractivity contribution in [1.82, 2.24) is 0 Å². The molecule has 0 bridgehead atoms. The highest BCUT2D eigenvalue weighted by atomic mass is 32.2. The first-order valence-electron chi connectivity index (χ1n) is 6.52. The van der Waals surface area contributed by atoms with Crippen LogP contribution in [0.5, 0.6) is 0 Å². The second-order valence-corrected chi connectivity index (χ2v) is 7.18. The van der Waals surface area contributed by atoms with Crippen molar-refractivity contribution in [3.8, 4) is 0 Å². The van der Waals surface area contributed by atoms with Crippen molar-refractivity contribution in [2.45, 2.75) is 51.7 Å². The third-order valence-corrected chi connectivity index (χ3v) is 5.13. The van der Waals surface area contributed by atoms with Gasteiger partial charge in [-0.15, -0.1) is 0 Å². The zero-order valence-corrected chi connectivity index (χ0v) is 12.2. The van der Waals surface area contributed by atoms with E-state index in [2.05, 4.69) is 51.5 Å². The zero-order valence-electron chi connectivity index (χ0n) is 11.4. The highest BCUT2D eigenvalue weighted by molar-refractivity contribution is 7.99. The van der Waals surface area contributed by atoms with Crippen LogP contribution in [-0.4, -0.2) is 29.8 Å². The van der Waals surface area contributed by atoms with Crippen LogP contribution in [-0.2, 0) is 9.31 Å². The topological polar surface area (TPSA) is 18.5 Å². The smallest absolute Gasteiger partial charge is 0.400 e. The van der Waals surface area contributed by atoms with Crippen LogP contribution in [0.25, 0.3) is 0 Å². The Labute approximate surface area is 110 Å². The van der Waals surface area contributed by atoms with Gasteiger partial charge in [0.2, 0.25) is 0 Å². The molecule has 0 saturated carbocycles. The van der Waals surface area contributed by atoms with Crippen molar-refractivity contribution in [2.24, 2.45) is 5.92 Å². The predicted octanol–water partition coefficient (Wildman–Crippen LogP) is 3.32. The fourth-order valence-electron chi connectivity index (χ4n) is 2.12. The summed E-state index contributed by atoms with van der Waals surface area (Å²) in [5.41, 5.74) is -0.436. The molecule has 0 radical (unpaired) electrons. The first-order valence-corrected chi connectivity index (χ1v) is 7.68. The second-order valence-electron chi connectivity index (χ2n) is 5.96. The maximum atomic E-state index is 5.94. The van der Waals surface area contributed by atoms with Gasteiger partial charge in [0.05, 0.1) is 11.2 Å². The molecule has 0 spiro atoms. The van der Waals surface area contributed by atoms with Crippen molar-refractivity contribution in [1.29, 1.82) is 0 Å². The Kier molecular flexibility index (Phi) is 3.96. The highest BCUT2D eigenvalue weighted by Crippen LogP contribution is 2.37. The average Bonchev–Trinajstić information content (AvgIpc) is 2.46. The molecule has 0 amide bonds. The van der Waals surface area contributed by atoms with E-state index < -0.39 is 0 Å². The molecule has 0 unspecified atom stereocenters. The standard InChI is InChI=1S/C13H23BO2S/c1-12(2)13(3,4)16-14(15-12)8-5-11-6-9-17-10-7-11/h5,8,11H,6-7,9-10H2,1-4H3/b8-5+. The zero-order chi connectivity index (χ0) is 12.5. The fourth-order valence-corrected chi connectivity index (χ4v) is 3.27. The van der Waals surface area contributed by atoms with Crippen molar-refractivity contribution < 1.29 is 9.31 Å². The summed E-state index contributed by atoms with van der Waals surface area (Å²) in [5, 5.41) is 0. The van der Waals surface area contributed by atoms with Crippen molar-refractivity contribution >= 4 is 18.9 Å². The van der Waals surface area contributed by atoms with E-state index in [1.165, 1.54) is 24.3 Å². The van der Waals surface area contributed by atoms with Gasteiger partial charge in [-0.3, -0.25) is 0 Å². The summed E-state index contributed by atoms with van der Waals surface area (Å²) in [4.78, 5) is 0. The van der Waals surface area contributed by atoms with Crippen LogP contribution in [0, 0.1) is 5.92 Å². The molecule has 0 aromatic carbocycles. The fraction of sp³-hybridized carbons (Fsp3) is 0.846. The lowest BCUT2D eigenvalue weighted by Crippen LogP contribution is -2.41. The molecule has 2 fully saturated rings. The van der Waals surface area contributed by atoms with Crippen molar-refractivity contribution in [3.05, 3.63) is 12.1 Å². The Balaban J connectivity index is 1.90. The van der Waals surface area contributed by atoms with Crippen LogP contribution in [0.15, 0.2) is 12.1 Å². The van der Waals surface area contributed by atoms with E-state index >= 15 is 0 Å². The van der Waals surface area contributed by atoms with E-state index in [-0.39, 0.29) is 18.3 Å². The van der Waals surface area contributed by atoms with Crippen molar-refractivity contribution in [3.63, 3.8) is 0 Å². The lowest BCUT2D eigenvalue weighted by molar-refractivity contribution is 0.00578. The maximum Gasteiger partial charge on any atom is 0.486 e. The van der Waals surface area contributed by atoms with E-state index in [4.69, 9.17) is 9.31 Å². The molecule has 0 aromatic heterocycles. The quantitative estimate of drug-likeness (QED) is 0.704. The number of hydrogen-bond acceptors (Lipinski definition) is 3. The van der Waals surface area contributed by atoms with Crippen molar-refractivity contribution in [2.75, 3.05) is 11.5 Å². The van der Waals surface area contributed by atoms with Gasteiger partial charge in [0.25, 0.3) is 0 Å². The Morgan fingerprint density at radius 3 is 2.12 bits per heavy atom. The van der Waals surface area contributed by atoms with Crippen LogP contribution < -0.4 is 0 Å². The average molecular weight is 254 g/mol. The number of allylic oxidation sites excluding steroid dienone is 1. The van der Waals surface area contributed by atoms with Gasteiger partial charge in [-0.2, -0.15) is 11.8 Å². The molecule has 2 saturated heterocycles.